The second-order valence-electron chi connectivity index (χ2n) is 12.5. The van der Waals surface area contributed by atoms with Gasteiger partial charge in [0.1, 0.15) is 11.4 Å². The van der Waals surface area contributed by atoms with Gasteiger partial charge in [-0.25, -0.2) is 14.2 Å². The van der Waals surface area contributed by atoms with Crippen LogP contribution in [0.1, 0.15) is 72.6 Å². The van der Waals surface area contributed by atoms with E-state index in [0.29, 0.717) is 29.3 Å². The van der Waals surface area contributed by atoms with E-state index in [1.54, 1.807) is 38.4 Å². The second-order valence-corrected chi connectivity index (χ2v) is 12.5. The van der Waals surface area contributed by atoms with Crippen molar-refractivity contribution in [2.45, 2.75) is 84.0 Å². The fraction of sp³-hybridized carbons (Fsp3) is 0.467. The molecule has 1 aliphatic heterocycles. The maximum absolute atomic E-state index is 15.6. The van der Waals surface area contributed by atoms with Crippen LogP contribution in [0, 0.1) is 5.82 Å². The first-order chi connectivity index (χ1) is 18.9. The zero-order valence-corrected chi connectivity index (χ0v) is 24.2. The van der Waals surface area contributed by atoms with Gasteiger partial charge in [0.25, 0.3) is 0 Å². The molecule has 0 spiro atoms. The highest BCUT2D eigenvalue weighted by atomic mass is 19.3. The van der Waals surface area contributed by atoms with E-state index in [9.17, 15) is 18.4 Å². The number of hydrogen-bond donors (Lipinski definition) is 1. The van der Waals surface area contributed by atoms with Crippen LogP contribution in [0.5, 0.6) is 11.5 Å². The van der Waals surface area contributed by atoms with Crippen molar-refractivity contribution in [3.63, 3.8) is 0 Å². The van der Waals surface area contributed by atoms with Crippen molar-refractivity contribution in [2.24, 2.45) is 0 Å². The van der Waals surface area contributed by atoms with Crippen molar-refractivity contribution in [2.75, 3.05) is 16.9 Å². The number of ether oxygens (including phenoxy) is 3. The Morgan fingerprint density at radius 2 is 1.68 bits per heavy atom. The summed E-state index contributed by atoms with van der Waals surface area (Å²) < 4.78 is 58.9. The van der Waals surface area contributed by atoms with Crippen molar-refractivity contribution in [3.05, 3.63) is 53.5 Å². The van der Waals surface area contributed by atoms with Gasteiger partial charge in [0.15, 0.2) is 11.5 Å². The predicted molar refractivity (Wildman–Crippen MR) is 148 cm³/mol. The van der Waals surface area contributed by atoms with Gasteiger partial charge in [-0.15, -0.1) is 8.78 Å². The first-order valence-electron chi connectivity index (χ1n) is 13.5. The topological polar surface area (TPSA) is 82.0 Å². The Morgan fingerprint density at radius 3 is 2.27 bits per heavy atom. The van der Waals surface area contributed by atoms with Gasteiger partial charge in [-0.1, -0.05) is 26.8 Å². The third-order valence-corrected chi connectivity index (χ3v) is 7.17. The summed E-state index contributed by atoms with van der Waals surface area (Å²) >= 11 is 0. The number of hydrogen-bond acceptors (Lipinski definition) is 5. The number of benzene rings is 2. The van der Waals surface area contributed by atoms with Gasteiger partial charge in [-0.3, -0.25) is 9.47 Å². The number of nitrogens with zero attached hydrogens (tertiary/aromatic N) is 2. The lowest BCUT2D eigenvalue weighted by Gasteiger charge is -2.32. The summed E-state index contributed by atoms with van der Waals surface area (Å²) in [6.45, 7) is 13.4. The lowest BCUT2D eigenvalue weighted by molar-refractivity contribution is -0.286. The molecule has 41 heavy (non-hydrogen) atoms. The molecule has 2 aromatic carbocycles. The first-order valence-corrected chi connectivity index (χ1v) is 13.5. The van der Waals surface area contributed by atoms with E-state index in [4.69, 9.17) is 4.74 Å². The van der Waals surface area contributed by atoms with E-state index in [-0.39, 0.29) is 23.7 Å². The van der Waals surface area contributed by atoms with Crippen molar-refractivity contribution in [1.29, 1.82) is 0 Å². The van der Waals surface area contributed by atoms with Gasteiger partial charge in [0.05, 0.1) is 16.6 Å². The largest absolute Gasteiger partial charge is 0.586 e. The quantitative estimate of drug-likeness (QED) is 0.357. The lowest BCUT2D eigenvalue weighted by Crippen LogP contribution is -2.45. The monoisotopic (exact) mass is 573 g/mol. The van der Waals surface area contributed by atoms with Crippen molar-refractivity contribution in [1.82, 2.24) is 4.68 Å². The average Bonchev–Trinajstić information content (AvgIpc) is 3.48. The van der Waals surface area contributed by atoms with Crippen LogP contribution in [-0.4, -0.2) is 35.1 Å². The normalized spacial score (nSPS) is 16.9. The number of carbonyl (C=O) groups excluding carboxylic acids is 2. The van der Waals surface area contributed by atoms with Crippen LogP contribution in [-0.2, 0) is 20.4 Å². The Labute approximate surface area is 236 Å². The number of halogens is 3. The number of amides is 2. The third-order valence-electron chi connectivity index (χ3n) is 7.17. The van der Waals surface area contributed by atoms with E-state index in [1.807, 2.05) is 26.8 Å². The Hall–Kier alpha value is -3.89. The van der Waals surface area contributed by atoms with Gasteiger partial charge >= 0.3 is 12.4 Å². The fourth-order valence-electron chi connectivity index (χ4n) is 5.03. The summed E-state index contributed by atoms with van der Waals surface area (Å²) in [5, 5.41) is 4.74. The van der Waals surface area contributed by atoms with Crippen LogP contribution in [0.15, 0.2) is 36.4 Å². The minimum absolute atomic E-state index is 0.0287. The number of rotatable bonds is 5. The van der Waals surface area contributed by atoms with E-state index >= 15 is 4.39 Å². The maximum Gasteiger partial charge on any atom is 0.586 e. The van der Waals surface area contributed by atoms with Gasteiger partial charge in [-0.05, 0) is 70.4 Å². The minimum Gasteiger partial charge on any atom is -0.442 e. The van der Waals surface area contributed by atoms with Crippen molar-refractivity contribution < 1.29 is 37.0 Å². The molecule has 1 aliphatic carbocycles. The number of nitrogens with one attached hydrogen (secondary N) is 1. The summed E-state index contributed by atoms with van der Waals surface area (Å²) in [5.41, 5.74) is -0.517. The fourth-order valence-corrected chi connectivity index (χ4v) is 5.03. The Morgan fingerprint density at radius 1 is 1.02 bits per heavy atom. The Kier molecular flexibility index (Phi) is 6.51. The van der Waals surface area contributed by atoms with E-state index in [0.717, 1.165) is 5.69 Å². The highest BCUT2D eigenvalue weighted by molar-refractivity contribution is 6.03. The van der Waals surface area contributed by atoms with Crippen LogP contribution in [0.2, 0.25) is 0 Å². The first kappa shape index (κ1) is 28.6. The molecule has 0 atom stereocenters. The maximum atomic E-state index is 15.6. The molecule has 1 saturated carbocycles. The van der Waals surface area contributed by atoms with Gasteiger partial charge < -0.3 is 19.5 Å². The molecule has 1 aromatic heterocycles. The van der Waals surface area contributed by atoms with Gasteiger partial charge in [0, 0.05) is 29.1 Å². The summed E-state index contributed by atoms with van der Waals surface area (Å²) in [5.74, 6) is -1.41. The molecule has 2 amide bonds. The Balaban J connectivity index is 1.49. The van der Waals surface area contributed by atoms with Crippen LogP contribution in [0.25, 0.3) is 10.9 Å². The molecular formula is C30H34F3N3O5. The van der Waals surface area contributed by atoms with Crippen LogP contribution in [0.4, 0.5) is 23.7 Å². The van der Waals surface area contributed by atoms with Crippen LogP contribution >= 0.6 is 0 Å². The standard InChI is InChI=1S/C30H34F3N3O5/c1-8-35(26(38)41-28(5,6)7)36-21-16-19(31)20(13-17(21)14-24(36)27(2,3)4)34-25(37)29(11-12-29)18-9-10-22-23(15-18)40-30(32,33)39-22/h9-10,13-16H,8,11-12H2,1-7H3,(H,34,37). The molecule has 11 heteroatoms. The zero-order chi connectivity index (χ0) is 30.1. The molecular weight excluding hydrogens is 539 g/mol. The number of fused-ring (bicyclic) bond motifs is 2. The van der Waals surface area contributed by atoms with Gasteiger partial charge in [0.2, 0.25) is 5.91 Å². The summed E-state index contributed by atoms with van der Waals surface area (Å²) in [6.07, 6.45) is -3.41. The third kappa shape index (κ3) is 5.29. The molecule has 1 N–H and O–H groups in total. The number of aromatic nitrogens is 1. The number of anilines is 1. The lowest BCUT2D eigenvalue weighted by atomic mass is 9.92. The molecule has 5 rings (SSSR count). The molecule has 8 nitrogen and oxygen atoms in total. The van der Waals surface area contributed by atoms with Crippen LogP contribution < -0.4 is 19.8 Å². The zero-order valence-electron chi connectivity index (χ0n) is 24.2. The highest BCUT2D eigenvalue weighted by Gasteiger charge is 2.53. The van der Waals surface area contributed by atoms with E-state index in [1.165, 1.54) is 29.3 Å². The summed E-state index contributed by atoms with van der Waals surface area (Å²) in [7, 11) is 0. The SMILES string of the molecule is CCN(C(=O)OC(C)(C)C)n1c(C(C)(C)C)cc2cc(NC(=O)C3(c4ccc5c(c4)OC(F)(F)O5)CC3)c(F)cc21. The predicted octanol–water partition coefficient (Wildman–Crippen LogP) is 6.96. The molecule has 220 valence electrons. The molecule has 3 aromatic rings. The van der Waals surface area contributed by atoms with Crippen molar-refractivity contribution >= 4 is 28.6 Å². The van der Waals surface area contributed by atoms with E-state index in [2.05, 4.69) is 14.8 Å². The molecule has 0 bridgehead atoms. The van der Waals surface area contributed by atoms with Crippen molar-refractivity contribution in [3.8, 4) is 11.5 Å². The molecule has 0 unspecified atom stereocenters. The Bertz CT molecular complexity index is 1550. The molecule has 2 aliphatic rings. The summed E-state index contributed by atoms with van der Waals surface area (Å²) in [6, 6.07) is 8.94. The highest BCUT2D eigenvalue weighted by Crippen LogP contribution is 2.52. The average molecular weight is 574 g/mol. The molecule has 1 fully saturated rings. The van der Waals surface area contributed by atoms with Crippen LogP contribution in [0.3, 0.4) is 0 Å². The minimum atomic E-state index is -3.77. The smallest absolute Gasteiger partial charge is 0.442 e. The molecule has 0 radical (unpaired) electrons. The van der Waals surface area contributed by atoms with E-state index < -0.39 is 40.5 Å². The molecule has 2 heterocycles. The number of alkyl halides is 2. The molecule has 0 saturated heterocycles. The second kappa shape index (κ2) is 9.32. The summed E-state index contributed by atoms with van der Waals surface area (Å²) in [4.78, 5) is 26.6. The number of carbonyl (C=O) groups is 2. The van der Waals surface area contributed by atoms with Gasteiger partial charge in [-0.2, -0.15) is 0 Å².